The van der Waals surface area contributed by atoms with Crippen LogP contribution >= 0.6 is 27.3 Å². The molecule has 22 heavy (non-hydrogen) atoms. The quantitative estimate of drug-likeness (QED) is 0.740. The van der Waals surface area contributed by atoms with Gasteiger partial charge in [-0.2, -0.15) is 4.68 Å². The third-order valence-corrected chi connectivity index (χ3v) is 5.21. The number of hydrogen-bond donors (Lipinski definition) is 1. The number of benzene rings is 1. The predicted octanol–water partition coefficient (Wildman–Crippen LogP) is 3.86. The van der Waals surface area contributed by atoms with E-state index in [1.807, 2.05) is 6.07 Å². The number of halogens is 1. The number of aryl methyl sites for hydroxylation is 1. The first-order valence-electron chi connectivity index (χ1n) is 6.80. The van der Waals surface area contributed by atoms with E-state index in [0.717, 1.165) is 14.4 Å². The van der Waals surface area contributed by atoms with Crippen LogP contribution < -0.4 is 5.32 Å². The topological polar surface area (TPSA) is 55.6 Å². The van der Waals surface area contributed by atoms with Gasteiger partial charge in [0.1, 0.15) is 6.04 Å². The van der Waals surface area contributed by atoms with Gasteiger partial charge in [0.15, 0.2) is 0 Å². The second-order valence-electron chi connectivity index (χ2n) is 5.12. The molecule has 3 heterocycles. The maximum Gasteiger partial charge on any atom is 0.248 e. The normalized spacial score (nSPS) is 16.8. The summed E-state index contributed by atoms with van der Waals surface area (Å²) in [6, 6.07) is 12.5. The van der Waals surface area contributed by atoms with E-state index in [1.165, 1.54) is 11.1 Å². The van der Waals surface area contributed by atoms with Gasteiger partial charge >= 0.3 is 0 Å². The van der Waals surface area contributed by atoms with Gasteiger partial charge in [-0.3, -0.25) is 0 Å². The summed E-state index contributed by atoms with van der Waals surface area (Å²) < 4.78 is 2.91. The summed E-state index contributed by atoms with van der Waals surface area (Å²) >= 11 is 5.19. The average molecular weight is 374 g/mol. The fourth-order valence-electron chi connectivity index (χ4n) is 2.55. The average Bonchev–Trinajstić information content (AvgIpc) is 3.14. The highest BCUT2D eigenvalue weighted by molar-refractivity contribution is 9.11. The second-order valence-corrected chi connectivity index (χ2v) is 7.58. The molecule has 0 amide bonds. The highest BCUT2D eigenvalue weighted by Gasteiger charge is 2.24. The van der Waals surface area contributed by atoms with E-state index >= 15 is 0 Å². The first-order valence-corrected chi connectivity index (χ1v) is 8.40. The van der Waals surface area contributed by atoms with E-state index < -0.39 is 0 Å². The van der Waals surface area contributed by atoms with Crippen LogP contribution in [0.25, 0.3) is 5.70 Å². The monoisotopic (exact) mass is 373 g/mol. The Bertz CT molecular complexity index is 866. The van der Waals surface area contributed by atoms with Crippen molar-refractivity contribution in [1.29, 1.82) is 0 Å². The van der Waals surface area contributed by atoms with Crippen molar-refractivity contribution < 1.29 is 0 Å². The molecule has 1 aliphatic rings. The Balaban J connectivity index is 1.83. The molecule has 0 saturated heterocycles. The number of allylic oxidation sites excluding steroid dienone is 1. The van der Waals surface area contributed by atoms with Crippen LogP contribution in [-0.4, -0.2) is 20.2 Å². The van der Waals surface area contributed by atoms with Crippen LogP contribution in [0.15, 0.2) is 46.3 Å². The minimum Gasteiger partial charge on any atom is -0.322 e. The number of thiophene rings is 1. The van der Waals surface area contributed by atoms with E-state index in [0.29, 0.717) is 5.95 Å². The predicted molar refractivity (Wildman–Crippen MR) is 90.8 cm³/mol. The van der Waals surface area contributed by atoms with Crippen LogP contribution in [0.2, 0.25) is 0 Å². The second kappa shape index (κ2) is 5.33. The molecule has 0 aliphatic carbocycles. The van der Waals surface area contributed by atoms with E-state index in [4.69, 9.17) is 0 Å². The van der Waals surface area contributed by atoms with E-state index in [-0.39, 0.29) is 6.04 Å². The van der Waals surface area contributed by atoms with Gasteiger partial charge in [-0.25, -0.2) is 0 Å². The van der Waals surface area contributed by atoms with E-state index in [9.17, 15) is 0 Å². The fraction of sp³-hybridized carbons (Fsp3) is 0.133. The number of fused-ring (bicyclic) bond motifs is 1. The van der Waals surface area contributed by atoms with Crippen LogP contribution in [0.4, 0.5) is 5.95 Å². The molecule has 5 nitrogen and oxygen atoms in total. The lowest BCUT2D eigenvalue weighted by Gasteiger charge is -2.23. The minimum atomic E-state index is -0.0120. The van der Waals surface area contributed by atoms with Gasteiger partial charge < -0.3 is 5.32 Å². The van der Waals surface area contributed by atoms with Crippen molar-refractivity contribution in [3.63, 3.8) is 0 Å². The summed E-state index contributed by atoms with van der Waals surface area (Å²) in [5, 5.41) is 15.3. The molecule has 0 spiro atoms. The zero-order valence-corrected chi connectivity index (χ0v) is 14.1. The van der Waals surface area contributed by atoms with Crippen molar-refractivity contribution in [3.8, 4) is 0 Å². The van der Waals surface area contributed by atoms with Crippen molar-refractivity contribution in [2.75, 3.05) is 5.32 Å². The van der Waals surface area contributed by atoms with Crippen LogP contribution in [0, 0.1) is 6.92 Å². The molecule has 110 valence electrons. The van der Waals surface area contributed by atoms with Crippen LogP contribution in [-0.2, 0) is 0 Å². The maximum atomic E-state index is 4.12. The Morgan fingerprint density at radius 2 is 2.18 bits per heavy atom. The smallest absolute Gasteiger partial charge is 0.248 e. The maximum absolute atomic E-state index is 4.12. The molecule has 1 atom stereocenters. The third kappa shape index (κ3) is 2.36. The Morgan fingerprint density at radius 3 is 2.95 bits per heavy atom. The number of nitrogens with one attached hydrogen (secondary N) is 1. The molecule has 4 rings (SSSR count). The Kier molecular flexibility index (Phi) is 3.31. The van der Waals surface area contributed by atoms with Crippen molar-refractivity contribution in [2.45, 2.75) is 13.0 Å². The van der Waals surface area contributed by atoms with Crippen LogP contribution in [0.1, 0.15) is 22.0 Å². The Morgan fingerprint density at radius 1 is 1.27 bits per heavy atom. The van der Waals surface area contributed by atoms with Crippen LogP contribution in [0.5, 0.6) is 0 Å². The number of aromatic nitrogens is 4. The molecule has 0 fully saturated rings. The first kappa shape index (κ1) is 13.7. The molecule has 0 radical (unpaired) electrons. The first-order chi connectivity index (χ1) is 10.7. The molecular formula is C15H12BrN5S. The van der Waals surface area contributed by atoms with Crippen molar-refractivity contribution in [1.82, 2.24) is 20.2 Å². The number of rotatable bonds is 2. The number of nitrogens with zero attached hydrogens (tertiary/aromatic N) is 4. The van der Waals surface area contributed by atoms with Gasteiger partial charge in [0, 0.05) is 0 Å². The lowest BCUT2D eigenvalue weighted by atomic mass is 10.0. The zero-order chi connectivity index (χ0) is 15.1. The molecule has 1 aliphatic heterocycles. The summed E-state index contributed by atoms with van der Waals surface area (Å²) in [5.41, 5.74) is 3.42. The summed E-state index contributed by atoms with van der Waals surface area (Å²) in [6.45, 7) is 2.09. The van der Waals surface area contributed by atoms with Gasteiger partial charge in [0.25, 0.3) is 0 Å². The minimum absolute atomic E-state index is 0.0120. The molecule has 1 N–H and O–H groups in total. The van der Waals surface area contributed by atoms with Gasteiger partial charge in [-0.15, -0.1) is 11.3 Å². The van der Waals surface area contributed by atoms with Gasteiger partial charge in [0.05, 0.1) is 14.4 Å². The molecule has 7 heteroatoms. The summed E-state index contributed by atoms with van der Waals surface area (Å²) in [4.78, 5) is 1.15. The molecule has 1 aromatic carbocycles. The van der Waals surface area contributed by atoms with E-state index in [1.54, 1.807) is 16.0 Å². The van der Waals surface area contributed by atoms with Gasteiger partial charge in [-0.1, -0.05) is 34.9 Å². The number of tetrazole rings is 1. The van der Waals surface area contributed by atoms with Gasteiger partial charge in [-0.05, 0) is 57.1 Å². The highest BCUT2D eigenvalue weighted by atomic mass is 79.9. The summed E-state index contributed by atoms with van der Waals surface area (Å²) in [5.74, 6) is 0.661. The third-order valence-electron chi connectivity index (χ3n) is 3.55. The van der Waals surface area contributed by atoms with Crippen molar-refractivity contribution in [2.24, 2.45) is 0 Å². The largest absolute Gasteiger partial charge is 0.322 e. The Labute approximate surface area is 139 Å². The molecule has 0 bridgehead atoms. The number of anilines is 1. The van der Waals surface area contributed by atoms with Gasteiger partial charge in [0.2, 0.25) is 5.95 Å². The van der Waals surface area contributed by atoms with Crippen molar-refractivity contribution >= 4 is 38.9 Å². The molecule has 0 saturated carbocycles. The molecule has 2 aromatic heterocycles. The molecule has 0 unspecified atom stereocenters. The lowest BCUT2D eigenvalue weighted by molar-refractivity contribution is 0.585. The highest BCUT2D eigenvalue weighted by Crippen LogP contribution is 2.35. The standard InChI is InChI=1S/C15H12BrN5S/c1-9-3-2-4-10(7-9)12-8-11(13-5-6-14(16)22-13)17-15-18-19-20-21(12)15/h2-8,12H,1H3,(H,17,18,20)/t12-/m0/s1. The van der Waals surface area contributed by atoms with Crippen molar-refractivity contribution in [3.05, 3.63) is 62.3 Å². The van der Waals surface area contributed by atoms with Crippen LogP contribution in [0.3, 0.4) is 0 Å². The molecule has 3 aromatic rings. The Hall–Kier alpha value is -1.99. The SMILES string of the molecule is Cc1cccc([C@@H]2C=C(c3ccc(Br)s3)Nc3nnnn32)c1. The lowest BCUT2D eigenvalue weighted by Crippen LogP contribution is -2.20. The molecular weight excluding hydrogens is 362 g/mol. The summed E-state index contributed by atoms with van der Waals surface area (Å²) in [6.07, 6.45) is 2.16. The number of hydrogen-bond acceptors (Lipinski definition) is 5. The van der Waals surface area contributed by atoms with E-state index in [2.05, 4.69) is 80.1 Å². The fourth-order valence-corrected chi connectivity index (χ4v) is 3.91. The summed E-state index contributed by atoms with van der Waals surface area (Å²) in [7, 11) is 0. The zero-order valence-electron chi connectivity index (χ0n) is 11.7.